The lowest BCUT2D eigenvalue weighted by molar-refractivity contribution is 0.134. The summed E-state index contributed by atoms with van der Waals surface area (Å²) in [6.45, 7) is 11.5. The minimum atomic E-state index is 0.602. The van der Waals surface area contributed by atoms with Gasteiger partial charge in [-0.05, 0) is 123 Å². The summed E-state index contributed by atoms with van der Waals surface area (Å²) in [4.78, 5) is 6.19. The molecule has 5 rings (SSSR count). The second kappa shape index (κ2) is 7.84. The minimum absolute atomic E-state index is 0.602. The Kier molecular flexibility index (Phi) is 5.15. The fourth-order valence-corrected chi connectivity index (χ4v) is 6.17. The molecule has 2 heterocycles. The lowest BCUT2D eigenvalue weighted by Gasteiger charge is -2.41. The highest BCUT2D eigenvalue weighted by Crippen LogP contribution is 2.40. The molecule has 31 heavy (non-hydrogen) atoms. The van der Waals surface area contributed by atoms with Crippen LogP contribution in [-0.4, -0.2) is 22.5 Å². The third-order valence-corrected chi connectivity index (χ3v) is 8.46. The van der Waals surface area contributed by atoms with Gasteiger partial charge in [0.25, 0.3) is 0 Å². The molecule has 3 nitrogen and oxygen atoms in total. The number of hydrogen-bond donors (Lipinski definition) is 1. The van der Waals surface area contributed by atoms with E-state index in [-0.39, 0.29) is 0 Å². The van der Waals surface area contributed by atoms with E-state index < -0.39 is 0 Å². The summed E-state index contributed by atoms with van der Waals surface area (Å²) in [7, 11) is 0. The topological polar surface area (TPSA) is 42.8 Å². The van der Waals surface area contributed by atoms with E-state index in [9.17, 15) is 5.26 Å². The van der Waals surface area contributed by atoms with E-state index in [4.69, 9.17) is 0 Å². The Bertz CT molecular complexity index is 1190. The molecule has 1 saturated carbocycles. The SMILES string of the molecule is Cc1c(C)c(C)c2c(c1C)CCN(C1CCC(c3c[nH]c4ccc(C#N)cc34)CC1)C2. The number of benzene rings is 2. The smallest absolute Gasteiger partial charge is 0.0991 e. The number of H-pyrrole nitrogens is 1. The molecule has 0 saturated heterocycles. The van der Waals surface area contributed by atoms with E-state index >= 15 is 0 Å². The molecule has 0 amide bonds. The van der Waals surface area contributed by atoms with Gasteiger partial charge in [-0.1, -0.05) is 0 Å². The lowest BCUT2D eigenvalue weighted by atomic mass is 9.79. The first-order valence-corrected chi connectivity index (χ1v) is 11.8. The Hall–Kier alpha value is -2.57. The monoisotopic (exact) mass is 411 g/mol. The molecule has 1 aliphatic heterocycles. The van der Waals surface area contributed by atoms with E-state index in [1.165, 1.54) is 71.9 Å². The molecule has 0 unspecified atom stereocenters. The van der Waals surface area contributed by atoms with Gasteiger partial charge in [-0.2, -0.15) is 5.26 Å². The van der Waals surface area contributed by atoms with Gasteiger partial charge in [0.2, 0.25) is 0 Å². The average molecular weight is 412 g/mol. The van der Waals surface area contributed by atoms with Crippen molar-refractivity contribution in [2.75, 3.05) is 6.54 Å². The summed E-state index contributed by atoms with van der Waals surface area (Å²) >= 11 is 0. The van der Waals surface area contributed by atoms with Crippen LogP contribution in [0.1, 0.15) is 76.1 Å². The van der Waals surface area contributed by atoms with Crippen LogP contribution in [0.15, 0.2) is 24.4 Å². The molecule has 1 fully saturated rings. The molecule has 0 bridgehead atoms. The van der Waals surface area contributed by atoms with Gasteiger partial charge in [-0.15, -0.1) is 0 Å². The standard InChI is InChI=1S/C28H33N3/c1-17-18(2)20(4)27-16-31(12-11-24(27)19(17)3)23-8-6-22(7-9-23)26-15-30-28-10-5-21(14-29)13-25(26)28/h5,10,13,15,22-23,30H,6-9,11-12,16H2,1-4H3. The zero-order valence-electron chi connectivity index (χ0n) is 19.3. The molecule has 0 spiro atoms. The minimum Gasteiger partial charge on any atom is -0.361 e. The molecule has 1 aliphatic carbocycles. The van der Waals surface area contributed by atoms with Crippen molar-refractivity contribution in [3.63, 3.8) is 0 Å². The van der Waals surface area contributed by atoms with Gasteiger partial charge in [0, 0.05) is 36.2 Å². The maximum absolute atomic E-state index is 9.29. The molecular weight excluding hydrogens is 378 g/mol. The summed E-state index contributed by atoms with van der Waals surface area (Å²) in [5.74, 6) is 0.602. The normalized spacial score (nSPS) is 21.8. The van der Waals surface area contributed by atoms with Crippen LogP contribution in [-0.2, 0) is 13.0 Å². The van der Waals surface area contributed by atoms with Crippen molar-refractivity contribution in [2.24, 2.45) is 0 Å². The number of nitrogens with zero attached hydrogens (tertiary/aromatic N) is 2. The maximum Gasteiger partial charge on any atom is 0.0991 e. The van der Waals surface area contributed by atoms with Gasteiger partial charge in [-0.25, -0.2) is 0 Å². The predicted octanol–water partition coefficient (Wildman–Crippen LogP) is 6.36. The lowest BCUT2D eigenvalue weighted by Crippen LogP contribution is -2.41. The Balaban J connectivity index is 1.32. The Labute approximate surface area is 186 Å². The number of hydrogen-bond acceptors (Lipinski definition) is 2. The van der Waals surface area contributed by atoms with Gasteiger partial charge in [0.1, 0.15) is 0 Å². The van der Waals surface area contributed by atoms with Crippen LogP contribution in [0.5, 0.6) is 0 Å². The Morgan fingerprint density at radius 2 is 1.65 bits per heavy atom. The summed E-state index contributed by atoms with van der Waals surface area (Å²) in [5, 5.41) is 10.5. The van der Waals surface area contributed by atoms with Gasteiger partial charge < -0.3 is 4.98 Å². The van der Waals surface area contributed by atoms with E-state index in [2.05, 4.69) is 55.9 Å². The first-order valence-electron chi connectivity index (χ1n) is 11.8. The van der Waals surface area contributed by atoms with Crippen molar-refractivity contribution >= 4 is 10.9 Å². The van der Waals surface area contributed by atoms with E-state index in [0.29, 0.717) is 12.0 Å². The van der Waals surface area contributed by atoms with Crippen LogP contribution in [0.2, 0.25) is 0 Å². The van der Waals surface area contributed by atoms with Crippen molar-refractivity contribution in [3.05, 3.63) is 68.9 Å². The molecule has 1 aromatic heterocycles. The van der Waals surface area contributed by atoms with E-state index in [1.807, 2.05) is 12.1 Å². The molecular formula is C28H33N3. The van der Waals surface area contributed by atoms with E-state index in [1.54, 1.807) is 11.1 Å². The molecule has 2 aliphatic rings. The zero-order valence-corrected chi connectivity index (χ0v) is 19.3. The average Bonchev–Trinajstić information content (AvgIpc) is 3.24. The van der Waals surface area contributed by atoms with Crippen LogP contribution < -0.4 is 0 Å². The first-order chi connectivity index (χ1) is 15.0. The fourth-order valence-electron chi connectivity index (χ4n) is 6.17. The molecule has 0 atom stereocenters. The zero-order chi connectivity index (χ0) is 21.7. The van der Waals surface area contributed by atoms with Crippen LogP contribution >= 0.6 is 0 Å². The fraction of sp³-hybridized carbons (Fsp3) is 0.464. The van der Waals surface area contributed by atoms with Gasteiger partial charge in [0.05, 0.1) is 11.6 Å². The summed E-state index contributed by atoms with van der Waals surface area (Å²) in [6, 6.07) is 9.00. The van der Waals surface area contributed by atoms with Gasteiger partial charge >= 0.3 is 0 Å². The number of rotatable bonds is 2. The highest BCUT2D eigenvalue weighted by Gasteiger charge is 2.31. The molecule has 1 N–H and O–H groups in total. The summed E-state index contributed by atoms with van der Waals surface area (Å²) in [6.07, 6.45) is 8.40. The number of aromatic nitrogens is 1. The first kappa shape index (κ1) is 20.3. The number of aromatic amines is 1. The second-order valence-electron chi connectivity index (χ2n) is 9.80. The molecule has 2 aromatic carbocycles. The van der Waals surface area contributed by atoms with Crippen LogP contribution in [0.4, 0.5) is 0 Å². The largest absolute Gasteiger partial charge is 0.361 e. The van der Waals surface area contributed by atoms with Crippen LogP contribution in [0.25, 0.3) is 10.9 Å². The molecule has 0 radical (unpaired) electrons. The Morgan fingerprint density at radius 3 is 2.35 bits per heavy atom. The predicted molar refractivity (Wildman–Crippen MR) is 128 cm³/mol. The highest BCUT2D eigenvalue weighted by molar-refractivity contribution is 5.85. The third kappa shape index (κ3) is 3.38. The van der Waals surface area contributed by atoms with Crippen molar-refractivity contribution < 1.29 is 0 Å². The van der Waals surface area contributed by atoms with Crippen molar-refractivity contribution in [1.82, 2.24) is 9.88 Å². The maximum atomic E-state index is 9.29. The Morgan fingerprint density at radius 1 is 0.935 bits per heavy atom. The number of nitrogens with one attached hydrogen (secondary N) is 1. The second-order valence-corrected chi connectivity index (χ2v) is 9.80. The highest BCUT2D eigenvalue weighted by atomic mass is 15.2. The molecule has 3 aromatic rings. The van der Waals surface area contributed by atoms with Gasteiger partial charge in [-0.3, -0.25) is 4.90 Å². The van der Waals surface area contributed by atoms with Crippen LogP contribution in [0, 0.1) is 39.0 Å². The van der Waals surface area contributed by atoms with E-state index in [0.717, 1.165) is 17.6 Å². The third-order valence-electron chi connectivity index (χ3n) is 8.46. The van der Waals surface area contributed by atoms with Crippen molar-refractivity contribution in [3.8, 4) is 6.07 Å². The van der Waals surface area contributed by atoms with Gasteiger partial charge in [0.15, 0.2) is 0 Å². The van der Waals surface area contributed by atoms with Crippen LogP contribution in [0.3, 0.4) is 0 Å². The summed E-state index contributed by atoms with van der Waals surface area (Å²) in [5.41, 5.74) is 12.6. The summed E-state index contributed by atoms with van der Waals surface area (Å²) < 4.78 is 0. The van der Waals surface area contributed by atoms with Crippen molar-refractivity contribution in [2.45, 2.75) is 78.3 Å². The number of nitriles is 1. The quantitative estimate of drug-likeness (QED) is 0.533. The number of fused-ring (bicyclic) bond motifs is 2. The molecule has 3 heteroatoms. The van der Waals surface area contributed by atoms with Crippen molar-refractivity contribution in [1.29, 1.82) is 5.26 Å². The molecule has 160 valence electrons.